The molecule has 0 radical (unpaired) electrons. The Morgan fingerprint density at radius 1 is 1.07 bits per heavy atom. The summed E-state index contributed by atoms with van der Waals surface area (Å²) in [5, 5.41) is 4.30. The summed E-state index contributed by atoms with van der Waals surface area (Å²) in [4.78, 5) is 18.6. The zero-order valence-electron chi connectivity index (χ0n) is 16.2. The monoisotopic (exact) mass is 437 g/mol. The lowest BCUT2D eigenvalue weighted by atomic mass is 10.0. The van der Waals surface area contributed by atoms with E-state index in [9.17, 15) is 4.79 Å². The van der Waals surface area contributed by atoms with Crippen molar-refractivity contribution in [3.05, 3.63) is 52.6 Å². The standard InChI is InChI=1S/C21H25Cl2N3O3/c22-16-2-5-19(6-3-16)29-15-20(27)25-18-8-11-26(12-9-18)10-1-13-28-21-7-4-17(23)14-24-21/h2-7,14,18H,1,8-13,15H2,(H,25,27). The lowest BCUT2D eigenvalue weighted by Gasteiger charge is -2.32. The predicted octanol–water partition coefficient (Wildman–Crippen LogP) is 3.82. The first kappa shape index (κ1) is 21.7. The number of halogens is 2. The summed E-state index contributed by atoms with van der Waals surface area (Å²) in [7, 11) is 0. The quantitative estimate of drug-likeness (QED) is 0.604. The lowest BCUT2D eigenvalue weighted by molar-refractivity contribution is -0.124. The molecule has 0 bridgehead atoms. The average Bonchev–Trinajstić information content (AvgIpc) is 2.73. The van der Waals surface area contributed by atoms with Crippen molar-refractivity contribution in [3.63, 3.8) is 0 Å². The van der Waals surface area contributed by atoms with Crippen molar-refractivity contribution in [2.75, 3.05) is 32.8 Å². The van der Waals surface area contributed by atoms with Gasteiger partial charge in [0.15, 0.2) is 6.61 Å². The molecule has 1 amide bonds. The zero-order valence-corrected chi connectivity index (χ0v) is 17.7. The number of pyridine rings is 1. The van der Waals surface area contributed by atoms with Gasteiger partial charge in [0.25, 0.3) is 5.91 Å². The van der Waals surface area contributed by atoms with Crippen LogP contribution in [-0.2, 0) is 4.79 Å². The van der Waals surface area contributed by atoms with Crippen LogP contribution in [-0.4, -0.2) is 54.7 Å². The average molecular weight is 438 g/mol. The van der Waals surface area contributed by atoms with Gasteiger partial charge in [-0.15, -0.1) is 0 Å². The van der Waals surface area contributed by atoms with E-state index in [0.29, 0.717) is 28.3 Å². The van der Waals surface area contributed by atoms with Crippen molar-refractivity contribution >= 4 is 29.1 Å². The maximum absolute atomic E-state index is 12.1. The highest BCUT2D eigenvalue weighted by Crippen LogP contribution is 2.16. The summed E-state index contributed by atoms with van der Waals surface area (Å²) in [5.41, 5.74) is 0. The van der Waals surface area contributed by atoms with E-state index in [4.69, 9.17) is 32.7 Å². The number of hydrogen-bond donors (Lipinski definition) is 1. The molecule has 1 aliphatic rings. The van der Waals surface area contributed by atoms with Gasteiger partial charge in [0.2, 0.25) is 5.88 Å². The van der Waals surface area contributed by atoms with E-state index in [1.165, 1.54) is 0 Å². The number of piperidine rings is 1. The van der Waals surface area contributed by atoms with Gasteiger partial charge in [-0.25, -0.2) is 4.98 Å². The van der Waals surface area contributed by atoms with E-state index in [1.807, 2.05) is 0 Å². The molecule has 8 heteroatoms. The number of hydrogen-bond acceptors (Lipinski definition) is 5. The van der Waals surface area contributed by atoms with E-state index in [1.54, 1.807) is 42.6 Å². The smallest absolute Gasteiger partial charge is 0.258 e. The van der Waals surface area contributed by atoms with E-state index in [2.05, 4.69) is 15.2 Å². The lowest BCUT2D eigenvalue weighted by Crippen LogP contribution is -2.46. The Kier molecular flexibility index (Phi) is 8.40. The summed E-state index contributed by atoms with van der Waals surface area (Å²) >= 11 is 11.6. The molecule has 1 saturated heterocycles. The zero-order chi connectivity index (χ0) is 20.5. The normalized spacial score (nSPS) is 15.1. The molecule has 0 atom stereocenters. The van der Waals surface area contributed by atoms with Crippen LogP contribution in [0, 0.1) is 0 Å². The first-order chi connectivity index (χ1) is 14.1. The minimum Gasteiger partial charge on any atom is -0.484 e. The number of nitrogens with one attached hydrogen (secondary N) is 1. The molecule has 29 heavy (non-hydrogen) atoms. The maximum atomic E-state index is 12.1. The number of carbonyl (C=O) groups excluding carboxylic acids is 1. The summed E-state index contributed by atoms with van der Waals surface area (Å²) in [6.45, 7) is 3.52. The second-order valence-electron chi connectivity index (χ2n) is 6.94. The van der Waals surface area contributed by atoms with Crippen molar-refractivity contribution in [1.82, 2.24) is 15.2 Å². The first-order valence-electron chi connectivity index (χ1n) is 9.73. The number of aromatic nitrogens is 1. The van der Waals surface area contributed by atoms with Gasteiger partial charge in [-0.2, -0.15) is 0 Å². The molecule has 0 spiro atoms. The van der Waals surface area contributed by atoms with E-state index in [0.717, 1.165) is 38.9 Å². The SMILES string of the molecule is O=C(COc1ccc(Cl)cc1)NC1CCN(CCCOc2ccc(Cl)cn2)CC1. The van der Waals surface area contributed by atoms with Crippen LogP contribution < -0.4 is 14.8 Å². The van der Waals surface area contributed by atoms with Gasteiger partial charge in [-0.3, -0.25) is 4.79 Å². The molecule has 6 nitrogen and oxygen atoms in total. The predicted molar refractivity (Wildman–Crippen MR) is 114 cm³/mol. The molecule has 0 aliphatic carbocycles. The van der Waals surface area contributed by atoms with Crippen LogP contribution in [0.15, 0.2) is 42.6 Å². The number of nitrogens with zero attached hydrogens (tertiary/aromatic N) is 2. The molecule has 2 heterocycles. The van der Waals surface area contributed by atoms with Crippen LogP contribution >= 0.6 is 23.2 Å². The van der Waals surface area contributed by atoms with E-state index < -0.39 is 0 Å². The third-order valence-electron chi connectivity index (χ3n) is 4.71. The highest BCUT2D eigenvalue weighted by atomic mass is 35.5. The molecule has 3 rings (SSSR count). The molecule has 1 aromatic heterocycles. The minimum absolute atomic E-state index is 0.0118. The molecule has 1 aliphatic heterocycles. The molecule has 2 aromatic rings. The Balaban J connectivity index is 1.26. The van der Waals surface area contributed by atoms with Gasteiger partial charge >= 0.3 is 0 Å². The Morgan fingerprint density at radius 2 is 1.79 bits per heavy atom. The number of ether oxygens (including phenoxy) is 2. The molecular weight excluding hydrogens is 413 g/mol. The van der Waals surface area contributed by atoms with E-state index >= 15 is 0 Å². The Bertz CT molecular complexity index is 764. The number of amides is 1. The number of likely N-dealkylation sites (tertiary alicyclic amines) is 1. The fourth-order valence-electron chi connectivity index (χ4n) is 3.16. The second kappa shape index (κ2) is 11.2. The molecule has 1 fully saturated rings. The largest absolute Gasteiger partial charge is 0.484 e. The topological polar surface area (TPSA) is 63.7 Å². The Labute approximate surface area is 181 Å². The number of carbonyl (C=O) groups is 1. The van der Waals surface area contributed by atoms with Crippen molar-refractivity contribution in [2.24, 2.45) is 0 Å². The van der Waals surface area contributed by atoms with Crippen molar-refractivity contribution < 1.29 is 14.3 Å². The van der Waals surface area contributed by atoms with Crippen LogP contribution in [0.5, 0.6) is 11.6 Å². The molecule has 0 saturated carbocycles. The van der Waals surface area contributed by atoms with Crippen LogP contribution in [0.1, 0.15) is 19.3 Å². The van der Waals surface area contributed by atoms with Gasteiger partial charge in [0.1, 0.15) is 5.75 Å². The second-order valence-corrected chi connectivity index (χ2v) is 7.82. The maximum Gasteiger partial charge on any atom is 0.258 e. The Morgan fingerprint density at radius 3 is 2.48 bits per heavy atom. The highest BCUT2D eigenvalue weighted by Gasteiger charge is 2.20. The van der Waals surface area contributed by atoms with Crippen molar-refractivity contribution in [3.8, 4) is 11.6 Å². The van der Waals surface area contributed by atoms with Crippen molar-refractivity contribution in [2.45, 2.75) is 25.3 Å². The van der Waals surface area contributed by atoms with Gasteiger partial charge in [0, 0.05) is 43.0 Å². The molecule has 1 N–H and O–H groups in total. The third-order valence-corrected chi connectivity index (χ3v) is 5.18. The van der Waals surface area contributed by atoms with Gasteiger partial charge in [-0.1, -0.05) is 23.2 Å². The van der Waals surface area contributed by atoms with Crippen molar-refractivity contribution in [1.29, 1.82) is 0 Å². The minimum atomic E-state index is -0.0951. The van der Waals surface area contributed by atoms with Gasteiger partial charge < -0.3 is 19.7 Å². The molecular formula is C21H25Cl2N3O3. The summed E-state index contributed by atoms with van der Waals surface area (Å²) in [6, 6.07) is 10.7. The third kappa shape index (κ3) is 7.72. The highest BCUT2D eigenvalue weighted by molar-refractivity contribution is 6.30. The fourth-order valence-corrected chi connectivity index (χ4v) is 3.40. The van der Waals surface area contributed by atoms with Crippen LogP contribution in [0.3, 0.4) is 0 Å². The van der Waals surface area contributed by atoms with Crippen LogP contribution in [0.25, 0.3) is 0 Å². The molecule has 156 valence electrons. The summed E-state index contributed by atoms with van der Waals surface area (Å²) in [6.07, 6.45) is 4.38. The fraction of sp³-hybridized carbons (Fsp3) is 0.429. The molecule has 1 aromatic carbocycles. The first-order valence-corrected chi connectivity index (χ1v) is 10.5. The molecule has 0 unspecified atom stereocenters. The van der Waals surface area contributed by atoms with E-state index in [-0.39, 0.29) is 18.6 Å². The summed E-state index contributed by atoms with van der Waals surface area (Å²) in [5.74, 6) is 1.13. The van der Waals surface area contributed by atoms with Crippen LogP contribution in [0.2, 0.25) is 10.0 Å². The number of rotatable bonds is 9. The summed E-state index contributed by atoms with van der Waals surface area (Å²) < 4.78 is 11.1. The van der Waals surface area contributed by atoms with Gasteiger partial charge in [0.05, 0.1) is 11.6 Å². The number of benzene rings is 1. The van der Waals surface area contributed by atoms with Gasteiger partial charge in [-0.05, 0) is 49.6 Å². The van der Waals surface area contributed by atoms with Crippen LogP contribution in [0.4, 0.5) is 0 Å². The Hall–Kier alpha value is -2.02.